The molecule has 2 aromatic rings. The molecule has 0 aliphatic carbocycles. The van der Waals surface area contributed by atoms with Crippen LogP contribution in [0.4, 0.5) is 0 Å². The van der Waals surface area contributed by atoms with Crippen molar-refractivity contribution in [2.45, 2.75) is 26.0 Å². The van der Waals surface area contributed by atoms with E-state index in [0.29, 0.717) is 6.61 Å². The first kappa shape index (κ1) is 13.4. The van der Waals surface area contributed by atoms with Crippen LogP contribution in [0.3, 0.4) is 0 Å². The van der Waals surface area contributed by atoms with Crippen molar-refractivity contribution < 1.29 is 4.74 Å². The van der Waals surface area contributed by atoms with E-state index in [2.05, 4.69) is 30.6 Å². The third-order valence-corrected chi connectivity index (χ3v) is 4.33. The number of thiol groups is 1. The number of aromatic nitrogens is 1. The molecule has 0 saturated heterocycles. The van der Waals surface area contributed by atoms with Crippen LogP contribution in [0.15, 0.2) is 24.3 Å². The summed E-state index contributed by atoms with van der Waals surface area (Å²) < 4.78 is 5.52. The number of hydrogen-bond donors (Lipinski definition) is 1. The maximum absolute atomic E-state index is 5.52. The molecule has 0 radical (unpaired) electrons. The van der Waals surface area contributed by atoms with Gasteiger partial charge in [0, 0.05) is 16.2 Å². The van der Waals surface area contributed by atoms with E-state index in [1.807, 2.05) is 25.1 Å². The van der Waals surface area contributed by atoms with E-state index in [0.717, 1.165) is 34.2 Å². The molecule has 1 aromatic carbocycles. The van der Waals surface area contributed by atoms with Crippen LogP contribution in [0.5, 0.6) is 5.75 Å². The minimum absolute atomic E-state index is 0.684. The van der Waals surface area contributed by atoms with Gasteiger partial charge in [0.25, 0.3) is 0 Å². The minimum atomic E-state index is 0.684. The first-order valence-electron chi connectivity index (χ1n) is 6.11. The molecule has 1 aromatic heterocycles. The zero-order valence-electron chi connectivity index (χ0n) is 10.6. The predicted molar refractivity (Wildman–Crippen MR) is 80.8 cm³/mol. The largest absolute Gasteiger partial charge is 0.494 e. The lowest BCUT2D eigenvalue weighted by atomic mass is 10.2. The Morgan fingerprint density at radius 2 is 2.17 bits per heavy atom. The Bertz CT molecular complexity index is 501. The van der Waals surface area contributed by atoms with Crippen molar-refractivity contribution in [2.24, 2.45) is 0 Å². The van der Waals surface area contributed by atoms with Gasteiger partial charge in [0.2, 0.25) is 0 Å². The highest BCUT2D eigenvalue weighted by molar-refractivity contribution is 7.79. The van der Waals surface area contributed by atoms with E-state index in [9.17, 15) is 0 Å². The van der Waals surface area contributed by atoms with E-state index in [1.54, 1.807) is 11.3 Å². The van der Waals surface area contributed by atoms with Gasteiger partial charge in [0.05, 0.1) is 12.3 Å². The van der Waals surface area contributed by atoms with Gasteiger partial charge in [-0.05, 0) is 25.5 Å². The van der Waals surface area contributed by atoms with Crippen molar-refractivity contribution in [1.82, 2.24) is 4.98 Å². The number of hydrogen-bond acceptors (Lipinski definition) is 4. The van der Waals surface area contributed by atoms with Gasteiger partial charge in [-0.1, -0.05) is 19.1 Å². The molecule has 1 heterocycles. The Kier molecular flexibility index (Phi) is 4.66. The maximum Gasteiger partial charge on any atom is 0.124 e. The number of aryl methyl sites for hydroxylation is 1. The van der Waals surface area contributed by atoms with Crippen LogP contribution in [0.2, 0.25) is 0 Å². The van der Waals surface area contributed by atoms with Gasteiger partial charge in [-0.2, -0.15) is 12.6 Å². The zero-order chi connectivity index (χ0) is 13.0. The first-order chi connectivity index (χ1) is 8.78. The molecule has 96 valence electrons. The van der Waals surface area contributed by atoms with Crippen LogP contribution < -0.4 is 4.74 Å². The van der Waals surface area contributed by atoms with Crippen molar-refractivity contribution in [3.8, 4) is 16.3 Å². The molecule has 0 spiro atoms. The van der Waals surface area contributed by atoms with Crippen LogP contribution in [-0.4, -0.2) is 11.6 Å². The molecule has 0 N–H and O–H groups in total. The number of nitrogens with zero attached hydrogens (tertiary/aromatic N) is 1. The molecule has 0 atom stereocenters. The maximum atomic E-state index is 5.52. The Morgan fingerprint density at radius 3 is 2.78 bits per heavy atom. The van der Waals surface area contributed by atoms with E-state index < -0.39 is 0 Å². The standard InChI is InChI=1S/C14H17NOS2/c1-3-12-13(9-17)18-14(15-12)10-6-5-7-11(8-10)16-4-2/h5-8,17H,3-4,9H2,1-2H3. The van der Waals surface area contributed by atoms with Gasteiger partial charge in [-0.25, -0.2) is 4.98 Å². The molecule has 4 heteroatoms. The summed E-state index contributed by atoms with van der Waals surface area (Å²) in [6.07, 6.45) is 0.956. The summed E-state index contributed by atoms with van der Waals surface area (Å²) in [6, 6.07) is 8.10. The number of thiazole rings is 1. The summed E-state index contributed by atoms with van der Waals surface area (Å²) in [7, 11) is 0. The van der Waals surface area contributed by atoms with Gasteiger partial charge in [0.1, 0.15) is 10.8 Å². The molecule has 0 aliphatic heterocycles. The highest BCUT2D eigenvalue weighted by Crippen LogP contribution is 2.31. The van der Waals surface area contributed by atoms with Crippen LogP contribution in [-0.2, 0) is 12.2 Å². The molecule has 0 bridgehead atoms. The number of ether oxygens (including phenoxy) is 1. The molecule has 0 saturated carbocycles. The second-order valence-corrected chi connectivity index (χ2v) is 5.26. The molecule has 2 rings (SSSR count). The van der Waals surface area contributed by atoms with Gasteiger partial charge < -0.3 is 4.74 Å². The Morgan fingerprint density at radius 1 is 1.33 bits per heavy atom. The molecule has 0 aliphatic rings. The van der Waals surface area contributed by atoms with Crippen LogP contribution in [0, 0.1) is 0 Å². The first-order valence-corrected chi connectivity index (χ1v) is 7.56. The Balaban J connectivity index is 2.35. The van der Waals surface area contributed by atoms with Crippen LogP contribution in [0.25, 0.3) is 10.6 Å². The van der Waals surface area contributed by atoms with Crippen molar-refractivity contribution in [3.63, 3.8) is 0 Å². The van der Waals surface area contributed by atoms with Gasteiger partial charge in [-0.15, -0.1) is 11.3 Å². The van der Waals surface area contributed by atoms with Gasteiger partial charge in [0.15, 0.2) is 0 Å². The molecular weight excluding hydrogens is 262 g/mol. The predicted octanol–water partition coefficient (Wildman–Crippen LogP) is 4.20. The molecule has 2 nitrogen and oxygen atoms in total. The fourth-order valence-corrected chi connectivity index (χ4v) is 3.17. The van der Waals surface area contributed by atoms with E-state index >= 15 is 0 Å². The lowest BCUT2D eigenvalue weighted by Gasteiger charge is -2.03. The lowest BCUT2D eigenvalue weighted by molar-refractivity contribution is 0.340. The smallest absolute Gasteiger partial charge is 0.124 e. The molecule has 0 amide bonds. The fourth-order valence-electron chi connectivity index (χ4n) is 1.79. The summed E-state index contributed by atoms with van der Waals surface area (Å²) in [5, 5.41) is 1.05. The van der Waals surface area contributed by atoms with Crippen molar-refractivity contribution in [3.05, 3.63) is 34.8 Å². The number of benzene rings is 1. The van der Waals surface area contributed by atoms with Crippen LogP contribution >= 0.6 is 24.0 Å². The molecule has 18 heavy (non-hydrogen) atoms. The summed E-state index contributed by atoms with van der Waals surface area (Å²) in [6.45, 7) is 4.80. The molecule has 0 fully saturated rings. The van der Waals surface area contributed by atoms with Gasteiger partial charge >= 0.3 is 0 Å². The monoisotopic (exact) mass is 279 g/mol. The molecular formula is C14H17NOS2. The fraction of sp³-hybridized carbons (Fsp3) is 0.357. The highest BCUT2D eigenvalue weighted by Gasteiger charge is 2.10. The van der Waals surface area contributed by atoms with Crippen molar-refractivity contribution >= 4 is 24.0 Å². The quantitative estimate of drug-likeness (QED) is 0.829. The van der Waals surface area contributed by atoms with Crippen molar-refractivity contribution in [1.29, 1.82) is 0 Å². The third kappa shape index (κ3) is 2.87. The number of rotatable bonds is 5. The average molecular weight is 279 g/mol. The van der Waals surface area contributed by atoms with Crippen molar-refractivity contribution in [2.75, 3.05) is 6.61 Å². The second kappa shape index (κ2) is 6.25. The Labute approximate surface area is 117 Å². The minimum Gasteiger partial charge on any atom is -0.494 e. The lowest BCUT2D eigenvalue weighted by Crippen LogP contribution is -1.91. The highest BCUT2D eigenvalue weighted by atomic mass is 32.1. The average Bonchev–Trinajstić information content (AvgIpc) is 2.82. The SMILES string of the molecule is CCOc1cccc(-c2nc(CC)c(CS)s2)c1. The summed E-state index contributed by atoms with van der Waals surface area (Å²) >= 11 is 6.08. The van der Waals surface area contributed by atoms with Crippen LogP contribution in [0.1, 0.15) is 24.4 Å². The second-order valence-electron chi connectivity index (χ2n) is 3.86. The summed E-state index contributed by atoms with van der Waals surface area (Å²) in [5.74, 6) is 1.65. The molecule has 0 unspecified atom stereocenters. The van der Waals surface area contributed by atoms with E-state index in [4.69, 9.17) is 4.74 Å². The summed E-state index contributed by atoms with van der Waals surface area (Å²) in [4.78, 5) is 5.95. The Hall–Kier alpha value is -1.000. The van der Waals surface area contributed by atoms with Gasteiger partial charge in [-0.3, -0.25) is 0 Å². The van der Waals surface area contributed by atoms with E-state index in [-0.39, 0.29) is 0 Å². The normalized spacial score (nSPS) is 10.6. The topological polar surface area (TPSA) is 22.1 Å². The third-order valence-electron chi connectivity index (χ3n) is 2.65. The summed E-state index contributed by atoms with van der Waals surface area (Å²) in [5.41, 5.74) is 2.28. The van der Waals surface area contributed by atoms with E-state index in [1.165, 1.54) is 4.88 Å². The zero-order valence-corrected chi connectivity index (χ0v) is 12.4.